The molecule has 212 valence electrons. The van der Waals surface area contributed by atoms with Gasteiger partial charge in [-0.25, -0.2) is 9.79 Å². The second kappa shape index (κ2) is 10.9. The van der Waals surface area contributed by atoms with Crippen molar-refractivity contribution >= 4 is 50.8 Å². The molecule has 8 heteroatoms. The quantitative estimate of drug-likeness (QED) is 0.259. The Labute approximate surface area is 250 Å². The van der Waals surface area contributed by atoms with Crippen molar-refractivity contribution in [3.05, 3.63) is 139 Å². The number of nitrogens with zero attached hydrogens (tertiary/aromatic N) is 2. The van der Waals surface area contributed by atoms with E-state index in [1.165, 1.54) is 11.3 Å². The largest absolute Gasteiger partial charge is 0.496 e. The predicted molar refractivity (Wildman–Crippen MR) is 170 cm³/mol. The van der Waals surface area contributed by atoms with Crippen LogP contribution in [0.25, 0.3) is 33.4 Å². The lowest BCUT2D eigenvalue weighted by atomic mass is 9.89. The van der Waals surface area contributed by atoms with E-state index < -0.39 is 12.0 Å². The molecule has 7 nitrogen and oxygen atoms in total. The zero-order valence-electron chi connectivity index (χ0n) is 23.5. The number of para-hydroxylation sites is 1. The molecule has 6 aromatic rings. The van der Waals surface area contributed by atoms with Crippen LogP contribution in [-0.4, -0.2) is 29.2 Å². The van der Waals surface area contributed by atoms with E-state index in [1.807, 2.05) is 103 Å². The van der Waals surface area contributed by atoms with Crippen LogP contribution in [0.5, 0.6) is 5.75 Å². The van der Waals surface area contributed by atoms with Gasteiger partial charge in [-0.1, -0.05) is 90.2 Å². The van der Waals surface area contributed by atoms with Crippen molar-refractivity contribution in [3.63, 3.8) is 0 Å². The molecule has 3 heterocycles. The van der Waals surface area contributed by atoms with Crippen molar-refractivity contribution in [1.82, 2.24) is 9.55 Å². The molecule has 0 fully saturated rings. The fourth-order valence-corrected chi connectivity index (χ4v) is 6.80. The SMILES string of the molecule is CCOC(=O)C1=C(c2ccccc2)N=c2sc(=Cc3c[nH]c4ccccc34)c(=O)n2[C@H]1c1c(OC)ccc2ccccc12. The lowest BCUT2D eigenvalue weighted by Crippen LogP contribution is -2.40. The summed E-state index contributed by atoms with van der Waals surface area (Å²) in [7, 11) is 1.60. The van der Waals surface area contributed by atoms with Gasteiger partial charge >= 0.3 is 5.97 Å². The number of hydrogen-bond donors (Lipinski definition) is 1. The van der Waals surface area contributed by atoms with Gasteiger partial charge in [0.25, 0.3) is 5.56 Å². The smallest absolute Gasteiger partial charge is 0.338 e. The molecule has 7 rings (SSSR count). The first-order valence-electron chi connectivity index (χ1n) is 14.0. The number of nitrogens with one attached hydrogen (secondary N) is 1. The lowest BCUT2D eigenvalue weighted by Gasteiger charge is -2.28. The van der Waals surface area contributed by atoms with Crippen LogP contribution in [0.2, 0.25) is 0 Å². The van der Waals surface area contributed by atoms with Crippen LogP contribution in [0, 0.1) is 0 Å². The molecule has 0 bridgehead atoms. The van der Waals surface area contributed by atoms with Crippen molar-refractivity contribution in [2.75, 3.05) is 13.7 Å². The number of hydrogen-bond acceptors (Lipinski definition) is 6. The molecule has 0 spiro atoms. The second-order valence-electron chi connectivity index (χ2n) is 10.1. The first-order chi connectivity index (χ1) is 21.1. The Morgan fingerprint density at radius 2 is 1.72 bits per heavy atom. The number of methoxy groups -OCH3 is 1. The molecule has 1 N–H and O–H groups in total. The normalized spacial score (nSPS) is 15.0. The summed E-state index contributed by atoms with van der Waals surface area (Å²) in [6.45, 7) is 1.94. The zero-order valence-corrected chi connectivity index (χ0v) is 24.4. The molecule has 0 radical (unpaired) electrons. The van der Waals surface area contributed by atoms with Crippen molar-refractivity contribution in [2.24, 2.45) is 4.99 Å². The topological polar surface area (TPSA) is 85.7 Å². The van der Waals surface area contributed by atoms with Gasteiger partial charge in [-0.2, -0.15) is 0 Å². The molecule has 0 aliphatic carbocycles. The molecular weight excluding hydrogens is 558 g/mol. The molecule has 0 saturated heterocycles. The Kier molecular flexibility index (Phi) is 6.75. The maximum Gasteiger partial charge on any atom is 0.338 e. The molecular formula is C35H27N3O4S. The predicted octanol–water partition coefficient (Wildman–Crippen LogP) is 5.58. The van der Waals surface area contributed by atoms with Gasteiger partial charge in [0.1, 0.15) is 11.8 Å². The minimum absolute atomic E-state index is 0.175. The van der Waals surface area contributed by atoms with E-state index in [4.69, 9.17) is 14.5 Å². The Balaban J connectivity index is 1.60. The zero-order chi connectivity index (χ0) is 29.5. The Morgan fingerprint density at radius 3 is 2.51 bits per heavy atom. The fourth-order valence-electron chi connectivity index (χ4n) is 5.80. The minimum Gasteiger partial charge on any atom is -0.496 e. The van der Waals surface area contributed by atoms with Crippen molar-refractivity contribution in [2.45, 2.75) is 13.0 Å². The first-order valence-corrected chi connectivity index (χ1v) is 14.8. The summed E-state index contributed by atoms with van der Waals surface area (Å²) < 4.78 is 13.7. The van der Waals surface area contributed by atoms with E-state index >= 15 is 0 Å². The van der Waals surface area contributed by atoms with Crippen LogP contribution in [-0.2, 0) is 9.53 Å². The number of benzene rings is 4. The van der Waals surface area contributed by atoms with Crippen LogP contribution < -0.4 is 19.6 Å². The number of fused-ring (bicyclic) bond motifs is 3. The summed E-state index contributed by atoms with van der Waals surface area (Å²) >= 11 is 1.30. The molecule has 1 aliphatic rings. The summed E-state index contributed by atoms with van der Waals surface area (Å²) in [5.41, 5.74) is 3.84. The number of carbonyl (C=O) groups is 1. The van der Waals surface area contributed by atoms with Gasteiger partial charge in [0.2, 0.25) is 0 Å². The average molecular weight is 586 g/mol. The van der Waals surface area contributed by atoms with E-state index in [0.29, 0.717) is 26.3 Å². The van der Waals surface area contributed by atoms with Crippen molar-refractivity contribution in [3.8, 4) is 5.75 Å². The average Bonchev–Trinajstić information content (AvgIpc) is 3.60. The Bertz CT molecular complexity index is 2240. The van der Waals surface area contributed by atoms with Gasteiger partial charge < -0.3 is 14.5 Å². The molecule has 2 aromatic heterocycles. The summed E-state index contributed by atoms with van der Waals surface area (Å²) in [5, 5.41) is 2.84. The highest BCUT2D eigenvalue weighted by molar-refractivity contribution is 7.07. The van der Waals surface area contributed by atoms with E-state index in [0.717, 1.165) is 32.8 Å². The van der Waals surface area contributed by atoms with E-state index in [1.54, 1.807) is 18.6 Å². The minimum atomic E-state index is -0.850. The summed E-state index contributed by atoms with van der Waals surface area (Å²) in [5.74, 6) is 0.0296. The van der Waals surface area contributed by atoms with Gasteiger partial charge in [0.15, 0.2) is 4.80 Å². The monoisotopic (exact) mass is 585 g/mol. The first kappa shape index (κ1) is 26.7. The van der Waals surface area contributed by atoms with Crippen LogP contribution >= 0.6 is 11.3 Å². The molecule has 1 aliphatic heterocycles. The summed E-state index contributed by atoms with van der Waals surface area (Å²) in [6.07, 6.45) is 3.78. The maximum atomic E-state index is 14.4. The van der Waals surface area contributed by atoms with E-state index in [9.17, 15) is 9.59 Å². The molecule has 0 amide bonds. The number of H-pyrrole nitrogens is 1. The van der Waals surface area contributed by atoms with Crippen molar-refractivity contribution < 1.29 is 14.3 Å². The third kappa shape index (κ3) is 4.47. The Morgan fingerprint density at radius 1 is 0.977 bits per heavy atom. The number of aromatic nitrogens is 2. The molecule has 43 heavy (non-hydrogen) atoms. The standard InChI is InChI=1S/C35H27N3O4S/c1-3-42-34(40)30-31(22-12-5-4-6-13-22)37-35-38(32(30)29-25-15-8-7-11-21(25)17-18-27(29)41-2)33(39)28(43-35)19-23-20-36-26-16-10-9-14-24(23)26/h4-20,32,36H,3H2,1-2H3/t32-/m0/s1. The van der Waals surface area contributed by atoms with Crippen LogP contribution in [0.4, 0.5) is 0 Å². The number of esters is 1. The molecule has 0 unspecified atom stereocenters. The number of thiazole rings is 1. The van der Waals surface area contributed by atoms with Gasteiger partial charge in [-0.05, 0) is 35.9 Å². The van der Waals surface area contributed by atoms with Crippen molar-refractivity contribution in [1.29, 1.82) is 0 Å². The summed E-state index contributed by atoms with van der Waals surface area (Å²) in [6, 6.07) is 28.4. The molecule has 1 atom stereocenters. The third-order valence-electron chi connectivity index (χ3n) is 7.71. The number of rotatable bonds is 6. The fraction of sp³-hybridized carbons (Fsp3) is 0.114. The molecule has 4 aromatic carbocycles. The lowest BCUT2D eigenvalue weighted by molar-refractivity contribution is -0.138. The van der Waals surface area contributed by atoms with Gasteiger partial charge in [-0.15, -0.1) is 0 Å². The van der Waals surface area contributed by atoms with E-state index in [-0.39, 0.29) is 17.7 Å². The maximum absolute atomic E-state index is 14.4. The highest BCUT2D eigenvalue weighted by atomic mass is 32.1. The number of carbonyl (C=O) groups excluding carboxylic acids is 1. The summed E-state index contributed by atoms with van der Waals surface area (Å²) in [4.78, 5) is 37.1. The molecule has 0 saturated carbocycles. The van der Waals surface area contributed by atoms with Crippen LogP contribution in [0.15, 0.2) is 113 Å². The second-order valence-corrected chi connectivity index (χ2v) is 11.1. The highest BCUT2D eigenvalue weighted by Crippen LogP contribution is 2.42. The van der Waals surface area contributed by atoms with Crippen LogP contribution in [0.3, 0.4) is 0 Å². The van der Waals surface area contributed by atoms with Gasteiger partial charge in [-0.3, -0.25) is 9.36 Å². The number of aromatic amines is 1. The van der Waals surface area contributed by atoms with Gasteiger partial charge in [0, 0.05) is 33.8 Å². The number of ether oxygens (including phenoxy) is 2. The highest BCUT2D eigenvalue weighted by Gasteiger charge is 2.37. The Hall–Kier alpha value is -5.21. The van der Waals surface area contributed by atoms with E-state index in [2.05, 4.69) is 4.98 Å². The third-order valence-corrected chi connectivity index (χ3v) is 8.69. The van der Waals surface area contributed by atoms with Gasteiger partial charge in [0.05, 0.1) is 29.5 Å². The van der Waals surface area contributed by atoms with Crippen LogP contribution in [0.1, 0.15) is 29.7 Å².